The molecular weight excluding hydrogens is 248 g/mol. The topological polar surface area (TPSA) is 24.5 Å². The summed E-state index contributed by atoms with van der Waals surface area (Å²) in [5.74, 6) is 0.931. The highest BCUT2D eigenvalue weighted by molar-refractivity contribution is 4.84. The van der Waals surface area contributed by atoms with Gasteiger partial charge >= 0.3 is 0 Å². The summed E-state index contributed by atoms with van der Waals surface area (Å²) in [4.78, 5) is 2.68. The molecule has 1 N–H and O–H groups in total. The van der Waals surface area contributed by atoms with Gasteiger partial charge in [0.2, 0.25) is 0 Å². The Kier molecular flexibility index (Phi) is 7.92. The molecule has 1 aliphatic carbocycles. The lowest BCUT2D eigenvalue weighted by molar-refractivity contribution is 0.118. The summed E-state index contributed by atoms with van der Waals surface area (Å²) in [6, 6.07) is 0.745. The summed E-state index contributed by atoms with van der Waals surface area (Å²) in [6.07, 6.45) is 10.9. The molecule has 1 saturated carbocycles. The van der Waals surface area contributed by atoms with E-state index in [4.69, 9.17) is 4.74 Å². The molecule has 0 amide bonds. The van der Waals surface area contributed by atoms with Crippen molar-refractivity contribution < 1.29 is 4.74 Å². The Bertz CT molecular complexity index is 241. The molecule has 1 heterocycles. The Hall–Kier alpha value is -0.120. The van der Waals surface area contributed by atoms with E-state index in [0.29, 0.717) is 0 Å². The zero-order chi connectivity index (χ0) is 14.0. The summed E-state index contributed by atoms with van der Waals surface area (Å²) in [5.41, 5.74) is 0. The lowest BCUT2D eigenvalue weighted by Gasteiger charge is -2.33. The van der Waals surface area contributed by atoms with Gasteiger partial charge in [0.1, 0.15) is 0 Å². The Morgan fingerprint density at radius 2 is 1.95 bits per heavy atom. The normalized spacial score (nSPS) is 26.6. The van der Waals surface area contributed by atoms with Crippen molar-refractivity contribution >= 4 is 0 Å². The second-order valence-corrected chi connectivity index (χ2v) is 6.58. The van der Waals surface area contributed by atoms with E-state index in [0.717, 1.165) is 31.6 Å². The van der Waals surface area contributed by atoms with Gasteiger partial charge in [0.25, 0.3) is 0 Å². The van der Waals surface area contributed by atoms with Crippen molar-refractivity contribution in [1.82, 2.24) is 10.2 Å². The first kappa shape index (κ1) is 16.3. The first-order valence-electron chi connectivity index (χ1n) is 8.93. The average molecular weight is 282 g/mol. The van der Waals surface area contributed by atoms with Gasteiger partial charge in [-0.3, -0.25) is 0 Å². The van der Waals surface area contributed by atoms with Gasteiger partial charge < -0.3 is 15.0 Å². The number of nitrogens with one attached hydrogen (secondary N) is 1. The highest BCUT2D eigenvalue weighted by atomic mass is 16.5. The van der Waals surface area contributed by atoms with E-state index in [9.17, 15) is 0 Å². The fourth-order valence-corrected chi connectivity index (χ4v) is 3.72. The van der Waals surface area contributed by atoms with E-state index in [1.807, 2.05) is 0 Å². The van der Waals surface area contributed by atoms with E-state index in [1.165, 1.54) is 71.1 Å². The van der Waals surface area contributed by atoms with Crippen LogP contribution in [0.5, 0.6) is 0 Å². The molecule has 118 valence electrons. The predicted molar refractivity (Wildman–Crippen MR) is 85.1 cm³/mol. The number of rotatable bonds is 7. The molecule has 0 aromatic heterocycles. The summed E-state index contributed by atoms with van der Waals surface area (Å²) in [7, 11) is 0. The van der Waals surface area contributed by atoms with Crippen LogP contribution in [-0.2, 0) is 4.74 Å². The van der Waals surface area contributed by atoms with Crippen molar-refractivity contribution in [2.75, 3.05) is 39.4 Å². The minimum absolute atomic E-state index is 0.745. The molecule has 2 aliphatic rings. The minimum Gasteiger partial charge on any atom is -0.381 e. The summed E-state index contributed by atoms with van der Waals surface area (Å²) < 4.78 is 5.61. The van der Waals surface area contributed by atoms with Crippen LogP contribution in [0.4, 0.5) is 0 Å². The molecule has 1 unspecified atom stereocenters. The molecule has 0 aromatic carbocycles. The molecule has 0 bridgehead atoms. The van der Waals surface area contributed by atoms with Gasteiger partial charge in [-0.1, -0.05) is 26.2 Å². The fraction of sp³-hybridized carbons (Fsp3) is 1.00. The molecule has 20 heavy (non-hydrogen) atoms. The number of hydrogen-bond acceptors (Lipinski definition) is 3. The van der Waals surface area contributed by atoms with Gasteiger partial charge in [-0.2, -0.15) is 0 Å². The number of nitrogens with zero attached hydrogens (tertiary/aromatic N) is 1. The lowest BCUT2D eigenvalue weighted by atomic mass is 9.83. The second kappa shape index (κ2) is 9.75. The monoisotopic (exact) mass is 282 g/mol. The van der Waals surface area contributed by atoms with Crippen molar-refractivity contribution in [2.24, 2.45) is 5.92 Å². The van der Waals surface area contributed by atoms with Crippen molar-refractivity contribution in [3.63, 3.8) is 0 Å². The van der Waals surface area contributed by atoms with Crippen molar-refractivity contribution in [2.45, 2.75) is 64.3 Å². The second-order valence-electron chi connectivity index (χ2n) is 6.58. The summed E-state index contributed by atoms with van der Waals surface area (Å²) in [5, 5.41) is 3.82. The van der Waals surface area contributed by atoms with E-state index in [1.54, 1.807) is 0 Å². The van der Waals surface area contributed by atoms with Crippen LogP contribution < -0.4 is 5.32 Å². The molecule has 0 spiro atoms. The lowest BCUT2D eigenvalue weighted by Crippen LogP contribution is -2.44. The van der Waals surface area contributed by atoms with E-state index < -0.39 is 0 Å². The fourth-order valence-electron chi connectivity index (χ4n) is 3.72. The highest BCUT2D eigenvalue weighted by Crippen LogP contribution is 2.27. The summed E-state index contributed by atoms with van der Waals surface area (Å²) in [6.45, 7) is 8.99. The largest absolute Gasteiger partial charge is 0.381 e. The Morgan fingerprint density at radius 1 is 1.10 bits per heavy atom. The van der Waals surface area contributed by atoms with Gasteiger partial charge in [0.05, 0.1) is 0 Å². The first-order valence-corrected chi connectivity index (χ1v) is 8.93. The third-order valence-corrected chi connectivity index (χ3v) is 4.84. The van der Waals surface area contributed by atoms with Crippen molar-refractivity contribution in [3.05, 3.63) is 0 Å². The minimum atomic E-state index is 0.745. The maximum atomic E-state index is 5.61. The molecule has 1 saturated heterocycles. The van der Waals surface area contributed by atoms with Gasteiger partial charge in [-0.05, 0) is 51.1 Å². The SMILES string of the molecule is CCCOCCCN1CCCNC(C2CCCCC2)C1. The Balaban J connectivity index is 1.69. The maximum absolute atomic E-state index is 5.61. The molecule has 0 radical (unpaired) electrons. The zero-order valence-corrected chi connectivity index (χ0v) is 13.4. The number of ether oxygens (including phenoxy) is 1. The molecule has 1 aliphatic heterocycles. The highest BCUT2D eigenvalue weighted by Gasteiger charge is 2.26. The van der Waals surface area contributed by atoms with Gasteiger partial charge in [-0.25, -0.2) is 0 Å². The summed E-state index contributed by atoms with van der Waals surface area (Å²) >= 11 is 0. The smallest absolute Gasteiger partial charge is 0.0478 e. The molecular formula is C17H34N2O. The average Bonchev–Trinajstić information content (AvgIpc) is 2.74. The molecule has 2 fully saturated rings. The maximum Gasteiger partial charge on any atom is 0.0478 e. The third kappa shape index (κ3) is 5.71. The van der Waals surface area contributed by atoms with Crippen molar-refractivity contribution in [3.8, 4) is 0 Å². The standard InChI is InChI=1S/C17H34N2O/c1-2-13-20-14-7-12-19-11-6-10-18-17(15-19)16-8-4-3-5-9-16/h16-18H,2-15H2,1H3. The number of hydrogen-bond donors (Lipinski definition) is 1. The van der Waals surface area contributed by atoms with Gasteiger partial charge in [0.15, 0.2) is 0 Å². The first-order chi connectivity index (χ1) is 9.90. The quantitative estimate of drug-likeness (QED) is 0.726. The molecule has 3 nitrogen and oxygen atoms in total. The van der Waals surface area contributed by atoms with Crippen LogP contribution in [0.2, 0.25) is 0 Å². The van der Waals surface area contributed by atoms with Gasteiger partial charge in [0, 0.05) is 32.3 Å². The third-order valence-electron chi connectivity index (χ3n) is 4.84. The molecule has 1 atom stereocenters. The van der Waals surface area contributed by atoms with E-state index >= 15 is 0 Å². The zero-order valence-electron chi connectivity index (χ0n) is 13.4. The molecule has 2 rings (SSSR count). The van der Waals surface area contributed by atoms with E-state index in [-0.39, 0.29) is 0 Å². The van der Waals surface area contributed by atoms with E-state index in [2.05, 4.69) is 17.1 Å². The van der Waals surface area contributed by atoms with Crippen LogP contribution in [-0.4, -0.2) is 50.3 Å². The Morgan fingerprint density at radius 3 is 2.75 bits per heavy atom. The van der Waals surface area contributed by atoms with Gasteiger partial charge in [-0.15, -0.1) is 0 Å². The van der Waals surface area contributed by atoms with Crippen LogP contribution in [0.1, 0.15) is 58.3 Å². The van der Waals surface area contributed by atoms with Crippen molar-refractivity contribution in [1.29, 1.82) is 0 Å². The van der Waals surface area contributed by atoms with Crippen LogP contribution in [0, 0.1) is 5.92 Å². The van der Waals surface area contributed by atoms with Crippen LogP contribution in [0.25, 0.3) is 0 Å². The predicted octanol–water partition coefficient (Wildman–Crippen LogP) is 3.05. The molecule has 3 heteroatoms. The van der Waals surface area contributed by atoms with Crippen LogP contribution in [0.3, 0.4) is 0 Å². The molecule has 0 aromatic rings. The Labute approximate surface area is 125 Å². The van der Waals surface area contributed by atoms with Crippen LogP contribution >= 0.6 is 0 Å². The van der Waals surface area contributed by atoms with Crippen LogP contribution in [0.15, 0.2) is 0 Å².